The molecule has 4 N–H and O–H groups in total. The van der Waals surface area contributed by atoms with Gasteiger partial charge in [-0.05, 0) is 37.3 Å². The van der Waals surface area contributed by atoms with Gasteiger partial charge in [0.05, 0.1) is 13.2 Å². The molecule has 0 aromatic heterocycles. The van der Waals surface area contributed by atoms with Crippen molar-refractivity contribution in [3.63, 3.8) is 0 Å². The molecule has 116 valence electrons. The van der Waals surface area contributed by atoms with E-state index in [-0.39, 0.29) is 11.5 Å². The Labute approximate surface area is 125 Å². The number of aliphatic carboxylic acids is 1. The molecule has 1 saturated carbocycles. The molecule has 5 heteroatoms. The number of hydrogen-bond acceptors (Lipinski definition) is 3. The van der Waals surface area contributed by atoms with E-state index in [2.05, 4.69) is 10.5 Å². The van der Waals surface area contributed by atoms with Crippen LogP contribution >= 0.6 is 0 Å². The van der Waals surface area contributed by atoms with Crippen LogP contribution in [0.25, 0.3) is 6.08 Å². The second-order valence-corrected chi connectivity index (χ2v) is 5.09. The van der Waals surface area contributed by atoms with E-state index in [9.17, 15) is 9.90 Å². The molecule has 0 unspecified atom stereocenters. The largest absolute Gasteiger partial charge is 0.872 e. The highest BCUT2D eigenvalue weighted by Gasteiger charge is 2.09. The normalized spacial score (nSPS) is 15.8. The zero-order chi connectivity index (χ0) is 15.7. The van der Waals surface area contributed by atoms with Crippen molar-refractivity contribution in [1.82, 2.24) is 0 Å². The Kier molecular flexibility index (Phi) is 7.32. The molecule has 1 fully saturated rings. The van der Waals surface area contributed by atoms with Crippen molar-refractivity contribution >= 4 is 12.0 Å². The van der Waals surface area contributed by atoms with E-state index in [0.717, 1.165) is 6.04 Å². The maximum atomic E-state index is 10.7. The maximum absolute atomic E-state index is 10.7. The standard InChI is InChI=1S/C10H10O4.C6H13N/c1-14-9(10(12)13)6-7-2-4-8(11)5-3-7;7-6-4-2-1-3-5-6/h2-6,11H,1H3,(H,12,13);6H,1-5,7H2. The lowest BCUT2D eigenvalue weighted by Crippen LogP contribution is -2.61. The smallest absolute Gasteiger partial charge is 0.371 e. The van der Waals surface area contributed by atoms with Gasteiger partial charge in [-0.1, -0.05) is 30.7 Å². The lowest BCUT2D eigenvalue weighted by Gasteiger charge is -2.12. The van der Waals surface area contributed by atoms with E-state index in [0.29, 0.717) is 5.56 Å². The highest BCUT2D eigenvalue weighted by molar-refractivity contribution is 5.89. The van der Waals surface area contributed by atoms with Crippen LogP contribution in [0.2, 0.25) is 0 Å². The van der Waals surface area contributed by atoms with E-state index in [1.165, 1.54) is 69.6 Å². The van der Waals surface area contributed by atoms with Crippen molar-refractivity contribution in [2.24, 2.45) is 0 Å². The molecule has 0 spiro atoms. The van der Waals surface area contributed by atoms with Gasteiger partial charge < -0.3 is 20.7 Å². The molecule has 1 aromatic carbocycles. The fraction of sp³-hybridized carbons (Fsp3) is 0.438. The highest BCUT2D eigenvalue weighted by Crippen LogP contribution is 2.13. The van der Waals surface area contributed by atoms with E-state index >= 15 is 0 Å². The van der Waals surface area contributed by atoms with Crippen molar-refractivity contribution in [2.45, 2.75) is 38.1 Å². The molecule has 0 atom stereocenters. The van der Waals surface area contributed by atoms with Crippen molar-refractivity contribution in [1.29, 1.82) is 0 Å². The Morgan fingerprint density at radius 1 is 1.29 bits per heavy atom. The molecular formula is C16H23NO4. The third kappa shape index (κ3) is 6.81. The molecule has 0 saturated heterocycles. The molecule has 1 aromatic rings. The van der Waals surface area contributed by atoms with Crippen molar-refractivity contribution < 1.29 is 25.5 Å². The van der Waals surface area contributed by atoms with Crippen molar-refractivity contribution in [3.8, 4) is 5.75 Å². The minimum Gasteiger partial charge on any atom is -0.872 e. The quantitative estimate of drug-likeness (QED) is 0.650. The number of ether oxygens (including phenoxy) is 1. The number of rotatable bonds is 3. The molecule has 0 radical (unpaired) electrons. The predicted molar refractivity (Wildman–Crippen MR) is 78.3 cm³/mol. The Hall–Kier alpha value is -2.01. The lowest BCUT2D eigenvalue weighted by atomic mass is 9.97. The topological polar surface area (TPSA) is 97.2 Å². The van der Waals surface area contributed by atoms with Crippen LogP contribution in [0.5, 0.6) is 5.75 Å². The SMILES string of the molecule is COC(=Cc1ccc([O-])cc1)C(=O)O.[NH3+]C1CCCCC1. The van der Waals surface area contributed by atoms with Gasteiger partial charge in [0.2, 0.25) is 5.76 Å². The van der Waals surface area contributed by atoms with Crippen molar-refractivity contribution in [3.05, 3.63) is 35.6 Å². The lowest BCUT2D eigenvalue weighted by molar-refractivity contribution is -0.425. The van der Waals surface area contributed by atoms with Crippen LogP contribution in [-0.2, 0) is 9.53 Å². The predicted octanol–water partition coefficient (Wildman–Crippen LogP) is 1.39. The molecule has 2 rings (SSSR count). The van der Waals surface area contributed by atoms with Crippen LogP contribution in [0.15, 0.2) is 30.0 Å². The minimum absolute atomic E-state index is 0.114. The summed E-state index contributed by atoms with van der Waals surface area (Å²) >= 11 is 0. The number of quaternary nitrogens is 1. The number of carboxylic acids is 1. The summed E-state index contributed by atoms with van der Waals surface area (Å²) in [7, 11) is 1.28. The number of carboxylic acid groups (broad SMARTS) is 1. The summed E-state index contributed by atoms with van der Waals surface area (Å²) in [5, 5.41) is 19.4. The van der Waals surface area contributed by atoms with Gasteiger partial charge in [0.15, 0.2) is 0 Å². The summed E-state index contributed by atoms with van der Waals surface area (Å²) in [5.74, 6) is -1.42. The average Bonchev–Trinajstić information content (AvgIpc) is 2.48. The second-order valence-electron chi connectivity index (χ2n) is 5.09. The average molecular weight is 293 g/mol. The maximum Gasteiger partial charge on any atom is 0.371 e. The molecule has 0 heterocycles. The fourth-order valence-electron chi connectivity index (χ4n) is 2.11. The third-order valence-electron chi connectivity index (χ3n) is 3.33. The summed E-state index contributed by atoms with van der Waals surface area (Å²) in [6.07, 6.45) is 8.40. The van der Waals surface area contributed by atoms with Gasteiger partial charge in [-0.15, -0.1) is 5.75 Å². The van der Waals surface area contributed by atoms with E-state index in [1.807, 2.05) is 0 Å². The molecule has 0 amide bonds. The molecule has 1 aliphatic rings. The van der Waals surface area contributed by atoms with Crippen LogP contribution in [0, 0.1) is 0 Å². The highest BCUT2D eigenvalue weighted by atomic mass is 16.5. The van der Waals surface area contributed by atoms with Crippen LogP contribution in [-0.4, -0.2) is 24.2 Å². The first-order chi connectivity index (χ1) is 10.0. The zero-order valence-electron chi connectivity index (χ0n) is 12.4. The van der Waals surface area contributed by atoms with Gasteiger partial charge in [0.25, 0.3) is 0 Å². The van der Waals surface area contributed by atoms with Crippen LogP contribution < -0.4 is 10.8 Å². The first-order valence-electron chi connectivity index (χ1n) is 7.12. The van der Waals surface area contributed by atoms with Gasteiger partial charge in [-0.3, -0.25) is 0 Å². The van der Waals surface area contributed by atoms with Gasteiger partial charge in [-0.25, -0.2) is 4.79 Å². The van der Waals surface area contributed by atoms with Crippen LogP contribution in [0.3, 0.4) is 0 Å². The molecule has 0 aliphatic heterocycles. The number of benzene rings is 1. The Morgan fingerprint density at radius 2 is 1.86 bits per heavy atom. The van der Waals surface area contributed by atoms with Gasteiger partial charge in [0.1, 0.15) is 0 Å². The molecule has 0 bridgehead atoms. The Bertz CT molecular complexity index is 462. The summed E-state index contributed by atoms with van der Waals surface area (Å²) in [4.78, 5) is 10.5. The van der Waals surface area contributed by atoms with Crippen LogP contribution in [0.1, 0.15) is 37.7 Å². The minimum atomic E-state index is -1.14. The first kappa shape index (κ1) is 17.0. The zero-order valence-corrected chi connectivity index (χ0v) is 12.4. The van der Waals surface area contributed by atoms with Crippen LogP contribution in [0.4, 0.5) is 0 Å². The van der Waals surface area contributed by atoms with Gasteiger partial charge in [0, 0.05) is 0 Å². The van der Waals surface area contributed by atoms with E-state index in [4.69, 9.17) is 5.11 Å². The molecule has 1 aliphatic carbocycles. The summed E-state index contributed by atoms with van der Waals surface area (Å²) < 4.78 is 4.63. The number of methoxy groups -OCH3 is 1. The number of carbonyl (C=O) groups is 1. The molecular weight excluding hydrogens is 270 g/mol. The summed E-state index contributed by atoms with van der Waals surface area (Å²) in [6.45, 7) is 0. The number of hydrogen-bond donors (Lipinski definition) is 2. The third-order valence-corrected chi connectivity index (χ3v) is 3.33. The van der Waals surface area contributed by atoms with Gasteiger partial charge in [-0.2, -0.15) is 0 Å². The second kappa shape index (κ2) is 9.02. The summed E-state index contributed by atoms with van der Waals surface area (Å²) in [5.41, 5.74) is 4.61. The summed E-state index contributed by atoms with van der Waals surface area (Å²) in [6, 6.07) is 6.57. The fourth-order valence-corrected chi connectivity index (χ4v) is 2.11. The Morgan fingerprint density at radius 3 is 2.24 bits per heavy atom. The monoisotopic (exact) mass is 293 g/mol. The van der Waals surface area contributed by atoms with E-state index in [1.54, 1.807) is 0 Å². The van der Waals surface area contributed by atoms with Crippen molar-refractivity contribution in [2.75, 3.05) is 7.11 Å². The Balaban J connectivity index is 0.000000262. The molecule has 21 heavy (non-hydrogen) atoms. The van der Waals surface area contributed by atoms with Gasteiger partial charge >= 0.3 is 5.97 Å². The first-order valence-corrected chi connectivity index (χ1v) is 7.12. The van der Waals surface area contributed by atoms with E-state index < -0.39 is 5.97 Å². The molecule has 5 nitrogen and oxygen atoms in total.